The van der Waals surface area contributed by atoms with E-state index in [0.29, 0.717) is 5.56 Å². The van der Waals surface area contributed by atoms with Gasteiger partial charge < -0.3 is 9.88 Å². The minimum Gasteiger partial charge on any atom is -0.381 e. The first-order chi connectivity index (χ1) is 10.3. The molecule has 0 unspecified atom stereocenters. The Morgan fingerprint density at radius 1 is 0.952 bits per heavy atom. The molecular formula is C18H15N3. The van der Waals surface area contributed by atoms with Crippen molar-refractivity contribution in [1.29, 1.82) is 5.26 Å². The van der Waals surface area contributed by atoms with Crippen LogP contribution < -0.4 is 5.32 Å². The summed E-state index contributed by atoms with van der Waals surface area (Å²) in [7, 11) is 0. The molecule has 0 saturated carbocycles. The molecule has 1 aromatic heterocycles. The molecule has 3 nitrogen and oxygen atoms in total. The summed E-state index contributed by atoms with van der Waals surface area (Å²) in [6.45, 7) is 0.737. The molecule has 2 aromatic carbocycles. The van der Waals surface area contributed by atoms with Crippen LogP contribution in [0.3, 0.4) is 0 Å². The van der Waals surface area contributed by atoms with E-state index >= 15 is 0 Å². The van der Waals surface area contributed by atoms with Gasteiger partial charge in [0.15, 0.2) is 0 Å². The Morgan fingerprint density at radius 3 is 2.43 bits per heavy atom. The number of anilines is 1. The van der Waals surface area contributed by atoms with Gasteiger partial charge in [-0.3, -0.25) is 0 Å². The lowest BCUT2D eigenvalue weighted by Gasteiger charge is -2.09. The van der Waals surface area contributed by atoms with Crippen molar-refractivity contribution in [3.05, 3.63) is 84.2 Å². The third-order valence-corrected chi connectivity index (χ3v) is 3.33. The van der Waals surface area contributed by atoms with Gasteiger partial charge in [-0.1, -0.05) is 18.2 Å². The second kappa shape index (κ2) is 5.98. The van der Waals surface area contributed by atoms with E-state index in [1.54, 1.807) is 0 Å². The molecule has 3 rings (SSSR count). The molecule has 0 fully saturated rings. The van der Waals surface area contributed by atoms with Crippen molar-refractivity contribution in [3.8, 4) is 11.8 Å². The summed E-state index contributed by atoms with van der Waals surface area (Å²) in [5, 5.41) is 12.2. The molecule has 0 aliphatic heterocycles. The summed E-state index contributed by atoms with van der Waals surface area (Å²) in [4.78, 5) is 0. The predicted octanol–water partition coefficient (Wildman–Crippen LogP) is 3.96. The van der Waals surface area contributed by atoms with Crippen LogP contribution in [0.1, 0.15) is 11.1 Å². The van der Waals surface area contributed by atoms with Crippen LogP contribution in [0.2, 0.25) is 0 Å². The van der Waals surface area contributed by atoms with Crippen LogP contribution in [-0.4, -0.2) is 4.57 Å². The van der Waals surface area contributed by atoms with Crippen LogP contribution in [0.25, 0.3) is 5.69 Å². The normalized spacial score (nSPS) is 10.0. The fraction of sp³-hybridized carbons (Fsp3) is 0.0556. The van der Waals surface area contributed by atoms with Gasteiger partial charge in [-0.25, -0.2) is 0 Å². The van der Waals surface area contributed by atoms with Crippen molar-refractivity contribution >= 4 is 5.69 Å². The first-order valence-corrected chi connectivity index (χ1v) is 6.81. The monoisotopic (exact) mass is 273 g/mol. The van der Waals surface area contributed by atoms with Crippen molar-refractivity contribution in [3.63, 3.8) is 0 Å². The van der Waals surface area contributed by atoms with Crippen LogP contribution in [0.15, 0.2) is 73.1 Å². The molecule has 0 spiro atoms. The quantitative estimate of drug-likeness (QED) is 0.781. The number of nitrogens with zero attached hydrogens (tertiary/aromatic N) is 2. The maximum atomic E-state index is 8.79. The molecule has 0 atom stereocenters. The van der Waals surface area contributed by atoms with Gasteiger partial charge in [-0.05, 0) is 48.0 Å². The van der Waals surface area contributed by atoms with Gasteiger partial charge in [0.25, 0.3) is 0 Å². The van der Waals surface area contributed by atoms with Crippen LogP contribution in [-0.2, 0) is 6.54 Å². The summed E-state index contributed by atoms with van der Waals surface area (Å²) >= 11 is 0. The molecule has 0 aliphatic carbocycles. The molecule has 0 aliphatic rings. The molecule has 0 saturated heterocycles. The molecule has 3 heteroatoms. The predicted molar refractivity (Wildman–Crippen MR) is 84.3 cm³/mol. The first kappa shape index (κ1) is 13.0. The minimum atomic E-state index is 0.688. The average Bonchev–Trinajstić information content (AvgIpc) is 3.08. The molecule has 21 heavy (non-hydrogen) atoms. The number of hydrogen-bond donors (Lipinski definition) is 1. The zero-order valence-electron chi connectivity index (χ0n) is 11.5. The van der Waals surface area contributed by atoms with Gasteiger partial charge in [0.2, 0.25) is 0 Å². The van der Waals surface area contributed by atoms with Crippen molar-refractivity contribution in [2.45, 2.75) is 6.54 Å². The second-order valence-electron chi connectivity index (χ2n) is 4.80. The number of nitriles is 1. The number of hydrogen-bond acceptors (Lipinski definition) is 2. The molecule has 0 radical (unpaired) electrons. The summed E-state index contributed by atoms with van der Waals surface area (Å²) in [6.07, 6.45) is 4.06. The zero-order chi connectivity index (χ0) is 14.5. The fourth-order valence-electron chi connectivity index (χ4n) is 2.18. The van der Waals surface area contributed by atoms with Crippen molar-refractivity contribution < 1.29 is 0 Å². The minimum absolute atomic E-state index is 0.688. The Bertz CT molecular complexity index is 750. The molecule has 3 aromatic rings. The summed E-state index contributed by atoms with van der Waals surface area (Å²) in [6, 6.07) is 22.1. The highest BCUT2D eigenvalue weighted by atomic mass is 14.9. The highest BCUT2D eigenvalue weighted by molar-refractivity contribution is 5.51. The van der Waals surface area contributed by atoms with Gasteiger partial charge in [-0.2, -0.15) is 5.26 Å². The van der Waals surface area contributed by atoms with Crippen LogP contribution in [0.4, 0.5) is 5.69 Å². The van der Waals surface area contributed by atoms with Crippen molar-refractivity contribution in [2.75, 3.05) is 5.32 Å². The van der Waals surface area contributed by atoms with Crippen molar-refractivity contribution in [1.82, 2.24) is 4.57 Å². The molecule has 1 N–H and O–H groups in total. The number of aromatic nitrogens is 1. The Hall–Kier alpha value is -2.99. The van der Waals surface area contributed by atoms with Crippen LogP contribution in [0.5, 0.6) is 0 Å². The maximum absolute atomic E-state index is 8.79. The van der Waals surface area contributed by atoms with Gasteiger partial charge in [0.1, 0.15) is 0 Å². The number of nitrogens with one attached hydrogen (secondary N) is 1. The van der Waals surface area contributed by atoms with Gasteiger partial charge in [-0.15, -0.1) is 0 Å². The van der Waals surface area contributed by atoms with Crippen LogP contribution >= 0.6 is 0 Å². The van der Waals surface area contributed by atoms with Gasteiger partial charge in [0.05, 0.1) is 11.6 Å². The van der Waals surface area contributed by atoms with E-state index in [4.69, 9.17) is 5.26 Å². The lowest BCUT2D eigenvalue weighted by molar-refractivity contribution is 1.07. The zero-order valence-corrected chi connectivity index (χ0v) is 11.5. The highest BCUT2D eigenvalue weighted by Gasteiger charge is 1.98. The van der Waals surface area contributed by atoms with Crippen molar-refractivity contribution in [2.24, 2.45) is 0 Å². The number of rotatable bonds is 4. The summed E-state index contributed by atoms with van der Waals surface area (Å²) in [5.74, 6) is 0. The average molecular weight is 273 g/mol. The molecular weight excluding hydrogens is 258 g/mol. The summed E-state index contributed by atoms with van der Waals surface area (Å²) in [5.41, 5.74) is 4.05. The van der Waals surface area contributed by atoms with E-state index in [2.05, 4.69) is 34.2 Å². The molecule has 0 amide bonds. The van der Waals surface area contributed by atoms with E-state index in [1.165, 1.54) is 0 Å². The van der Waals surface area contributed by atoms with E-state index in [9.17, 15) is 0 Å². The smallest absolute Gasteiger partial charge is 0.0991 e. The fourth-order valence-corrected chi connectivity index (χ4v) is 2.18. The molecule has 0 bridgehead atoms. The Kier molecular flexibility index (Phi) is 3.70. The third kappa shape index (κ3) is 3.13. The van der Waals surface area contributed by atoms with Gasteiger partial charge >= 0.3 is 0 Å². The van der Waals surface area contributed by atoms with E-state index < -0.39 is 0 Å². The third-order valence-electron chi connectivity index (χ3n) is 3.33. The second-order valence-corrected chi connectivity index (χ2v) is 4.80. The van der Waals surface area contributed by atoms with Gasteiger partial charge in [0, 0.05) is 30.3 Å². The topological polar surface area (TPSA) is 40.8 Å². The first-order valence-electron chi connectivity index (χ1n) is 6.81. The maximum Gasteiger partial charge on any atom is 0.0991 e. The van der Waals surface area contributed by atoms with E-state index in [0.717, 1.165) is 23.5 Å². The lowest BCUT2D eigenvalue weighted by Crippen LogP contribution is -2.00. The summed E-state index contributed by atoms with van der Waals surface area (Å²) < 4.78 is 2.08. The molecule has 102 valence electrons. The standard InChI is InChI=1S/C18H15N3/c19-13-15-6-8-16(9-7-15)14-20-17-4-3-5-18(12-17)21-10-1-2-11-21/h1-12,20H,14H2. The highest BCUT2D eigenvalue weighted by Crippen LogP contribution is 2.16. The van der Waals surface area contributed by atoms with E-state index in [-0.39, 0.29) is 0 Å². The molecule has 1 heterocycles. The number of benzene rings is 2. The SMILES string of the molecule is N#Cc1ccc(CNc2cccc(-n3cccc3)c2)cc1. The Morgan fingerprint density at radius 2 is 1.71 bits per heavy atom. The van der Waals surface area contributed by atoms with Crippen LogP contribution in [0, 0.1) is 11.3 Å². The van der Waals surface area contributed by atoms with E-state index in [1.807, 2.05) is 54.9 Å². The lowest BCUT2D eigenvalue weighted by atomic mass is 10.1. The largest absolute Gasteiger partial charge is 0.381 e. The Labute approximate surface area is 124 Å². The Balaban J connectivity index is 1.70.